The van der Waals surface area contributed by atoms with Gasteiger partial charge in [-0.3, -0.25) is 14.4 Å². The van der Waals surface area contributed by atoms with E-state index in [1.807, 2.05) is 0 Å². The summed E-state index contributed by atoms with van der Waals surface area (Å²) in [6.07, 6.45) is 66.1. The second-order valence-electron chi connectivity index (χ2n) is 17.0. The maximum atomic E-state index is 12.7. The molecular weight excluding hydrogens is 781 g/mol. The first kappa shape index (κ1) is 59.6. The summed E-state index contributed by atoms with van der Waals surface area (Å²) in [7, 11) is 0. The molecule has 0 saturated carbocycles. The van der Waals surface area contributed by atoms with Crippen LogP contribution in [0.5, 0.6) is 0 Å². The number of ether oxygens (including phenoxy) is 3. The summed E-state index contributed by atoms with van der Waals surface area (Å²) in [5.74, 6) is -0.911. The lowest BCUT2D eigenvalue weighted by atomic mass is 10.1. The zero-order chi connectivity index (χ0) is 45.8. The molecule has 1 unspecified atom stereocenters. The van der Waals surface area contributed by atoms with Crippen molar-refractivity contribution in [3.05, 3.63) is 85.1 Å². The molecule has 0 spiro atoms. The van der Waals surface area contributed by atoms with E-state index < -0.39 is 6.10 Å². The van der Waals surface area contributed by atoms with Crippen LogP contribution in [0.3, 0.4) is 0 Å². The molecule has 6 nitrogen and oxygen atoms in total. The zero-order valence-corrected chi connectivity index (χ0v) is 41.1. The van der Waals surface area contributed by atoms with Crippen molar-refractivity contribution in [3.63, 3.8) is 0 Å². The van der Waals surface area contributed by atoms with Crippen LogP contribution in [0.2, 0.25) is 0 Å². The number of hydrogen-bond donors (Lipinski definition) is 0. The van der Waals surface area contributed by atoms with Crippen molar-refractivity contribution >= 4 is 17.9 Å². The van der Waals surface area contributed by atoms with E-state index in [-0.39, 0.29) is 31.1 Å². The molecule has 0 aliphatic carbocycles. The molecule has 0 aromatic heterocycles. The summed E-state index contributed by atoms with van der Waals surface area (Å²) >= 11 is 0. The Labute approximate surface area is 388 Å². The van der Waals surface area contributed by atoms with Gasteiger partial charge in [-0.15, -0.1) is 0 Å². The zero-order valence-electron chi connectivity index (χ0n) is 41.1. The molecule has 63 heavy (non-hydrogen) atoms. The average molecular weight is 877 g/mol. The first-order valence-electron chi connectivity index (χ1n) is 26.1. The van der Waals surface area contributed by atoms with E-state index in [2.05, 4.69) is 106 Å². The summed E-state index contributed by atoms with van der Waals surface area (Å²) < 4.78 is 16.7. The predicted molar refractivity (Wildman–Crippen MR) is 270 cm³/mol. The van der Waals surface area contributed by atoms with Crippen LogP contribution in [-0.2, 0) is 28.6 Å². The third-order valence-electron chi connectivity index (χ3n) is 10.9. The van der Waals surface area contributed by atoms with Crippen LogP contribution < -0.4 is 0 Å². The number of esters is 3. The van der Waals surface area contributed by atoms with Crippen molar-refractivity contribution in [1.82, 2.24) is 0 Å². The molecule has 0 fully saturated rings. The third kappa shape index (κ3) is 49.5. The molecule has 1 atom stereocenters. The lowest BCUT2D eigenvalue weighted by molar-refractivity contribution is -0.167. The highest BCUT2D eigenvalue weighted by Gasteiger charge is 2.19. The first-order chi connectivity index (χ1) is 31.0. The van der Waals surface area contributed by atoms with Gasteiger partial charge in [0, 0.05) is 19.3 Å². The minimum atomic E-state index is -0.779. The van der Waals surface area contributed by atoms with E-state index in [0.29, 0.717) is 19.3 Å². The fourth-order valence-electron chi connectivity index (χ4n) is 7.04. The standard InChI is InChI=1S/C57H96O6/c1-4-7-10-13-15-17-19-21-23-25-26-27-28-29-30-32-33-35-37-39-41-44-47-50-56(59)62-53-54(52-61-55(58)49-46-43-12-9-6-3)63-57(60)51-48-45-42-40-38-36-34-31-24-22-20-18-16-14-11-8-5-2/h7-8,10-11,15-18,21-24,26-27,54H,4-6,9,12-14,19-20,25,28-53H2,1-3H3/b10-7-,11-8-,17-15-,18-16-,23-21-,24-22-,27-26-. The molecule has 0 bridgehead atoms. The van der Waals surface area contributed by atoms with Gasteiger partial charge in [-0.05, 0) is 89.9 Å². The second-order valence-corrected chi connectivity index (χ2v) is 17.0. The molecule has 0 aromatic rings. The van der Waals surface area contributed by atoms with Gasteiger partial charge in [0.15, 0.2) is 6.10 Å². The average Bonchev–Trinajstić information content (AvgIpc) is 3.28. The Kier molecular flexibility index (Phi) is 48.5. The number of hydrogen-bond acceptors (Lipinski definition) is 6. The van der Waals surface area contributed by atoms with Crippen molar-refractivity contribution in [2.24, 2.45) is 0 Å². The van der Waals surface area contributed by atoms with Gasteiger partial charge in [0.05, 0.1) is 0 Å². The van der Waals surface area contributed by atoms with Crippen molar-refractivity contribution in [1.29, 1.82) is 0 Å². The number of rotatable bonds is 46. The van der Waals surface area contributed by atoms with Gasteiger partial charge in [0.25, 0.3) is 0 Å². The lowest BCUT2D eigenvalue weighted by Crippen LogP contribution is -2.30. The van der Waals surface area contributed by atoms with Gasteiger partial charge < -0.3 is 14.2 Å². The molecule has 6 heteroatoms. The van der Waals surface area contributed by atoms with Gasteiger partial charge in [-0.1, -0.05) is 215 Å². The Morgan fingerprint density at radius 3 is 0.968 bits per heavy atom. The van der Waals surface area contributed by atoms with Crippen LogP contribution in [0.25, 0.3) is 0 Å². The SMILES string of the molecule is CC/C=C\C/C=C\C/C=C\C/C=C\CCCCCCCCCCCCC(=O)OCC(COC(=O)CCCCCCC)OC(=O)CCCCCCCCC/C=C\C/C=C\C/C=C\CC. The second kappa shape index (κ2) is 51.2. The molecule has 360 valence electrons. The van der Waals surface area contributed by atoms with Crippen molar-refractivity contribution < 1.29 is 28.6 Å². The van der Waals surface area contributed by atoms with E-state index >= 15 is 0 Å². The quantitative estimate of drug-likeness (QED) is 0.0262. The highest BCUT2D eigenvalue weighted by molar-refractivity contribution is 5.71. The number of allylic oxidation sites excluding steroid dienone is 14. The third-order valence-corrected chi connectivity index (χ3v) is 10.9. The molecule has 0 N–H and O–H groups in total. The van der Waals surface area contributed by atoms with E-state index in [1.165, 1.54) is 83.5 Å². The molecule has 0 aliphatic heterocycles. The van der Waals surface area contributed by atoms with E-state index in [1.54, 1.807) is 0 Å². The number of carbonyl (C=O) groups excluding carboxylic acids is 3. The van der Waals surface area contributed by atoms with E-state index in [0.717, 1.165) is 116 Å². The van der Waals surface area contributed by atoms with Gasteiger partial charge in [0.2, 0.25) is 0 Å². The van der Waals surface area contributed by atoms with Gasteiger partial charge >= 0.3 is 17.9 Å². The summed E-state index contributed by atoms with van der Waals surface area (Å²) in [5, 5.41) is 0. The first-order valence-corrected chi connectivity index (χ1v) is 26.1. The highest BCUT2D eigenvalue weighted by atomic mass is 16.6. The van der Waals surface area contributed by atoms with Crippen LogP contribution in [-0.4, -0.2) is 37.2 Å². The largest absolute Gasteiger partial charge is 0.462 e. The molecule has 0 radical (unpaired) electrons. The molecule has 0 rings (SSSR count). The van der Waals surface area contributed by atoms with Crippen LogP contribution in [0.15, 0.2) is 85.1 Å². The summed E-state index contributed by atoms with van der Waals surface area (Å²) in [4.78, 5) is 37.7. The normalized spacial score (nSPS) is 12.7. The fourth-order valence-corrected chi connectivity index (χ4v) is 7.04. The van der Waals surface area contributed by atoms with Crippen LogP contribution in [0.4, 0.5) is 0 Å². The number of unbranched alkanes of at least 4 members (excludes halogenated alkanes) is 21. The van der Waals surface area contributed by atoms with Crippen LogP contribution in [0.1, 0.15) is 239 Å². The number of carbonyl (C=O) groups is 3. The van der Waals surface area contributed by atoms with E-state index in [9.17, 15) is 14.4 Å². The smallest absolute Gasteiger partial charge is 0.306 e. The van der Waals surface area contributed by atoms with Crippen molar-refractivity contribution in [2.75, 3.05) is 13.2 Å². The molecular formula is C57H96O6. The maximum Gasteiger partial charge on any atom is 0.306 e. The Morgan fingerprint density at radius 2 is 0.619 bits per heavy atom. The molecule has 0 heterocycles. The van der Waals surface area contributed by atoms with Crippen LogP contribution >= 0.6 is 0 Å². The Balaban J connectivity index is 4.15. The Bertz CT molecular complexity index is 1240. The Hall–Kier alpha value is -3.41. The van der Waals surface area contributed by atoms with Crippen molar-refractivity contribution in [3.8, 4) is 0 Å². The molecule has 0 saturated heterocycles. The molecule has 0 amide bonds. The molecule has 0 aliphatic rings. The summed E-state index contributed by atoms with van der Waals surface area (Å²) in [6, 6.07) is 0. The monoisotopic (exact) mass is 877 g/mol. The molecule has 0 aromatic carbocycles. The topological polar surface area (TPSA) is 78.9 Å². The van der Waals surface area contributed by atoms with E-state index in [4.69, 9.17) is 14.2 Å². The fraction of sp³-hybridized carbons (Fsp3) is 0.702. The van der Waals surface area contributed by atoms with Gasteiger partial charge in [-0.2, -0.15) is 0 Å². The summed E-state index contributed by atoms with van der Waals surface area (Å²) in [5.41, 5.74) is 0. The lowest BCUT2D eigenvalue weighted by Gasteiger charge is -2.18. The van der Waals surface area contributed by atoms with Gasteiger partial charge in [0.1, 0.15) is 13.2 Å². The van der Waals surface area contributed by atoms with Crippen molar-refractivity contribution in [2.45, 2.75) is 245 Å². The minimum absolute atomic E-state index is 0.0827. The van der Waals surface area contributed by atoms with Crippen LogP contribution in [0, 0.1) is 0 Å². The predicted octanol–water partition coefficient (Wildman–Crippen LogP) is 17.2. The van der Waals surface area contributed by atoms with Gasteiger partial charge in [-0.25, -0.2) is 0 Å². The minimum Gasteiger partial charge on any atom is -0.462 e. The Morgan fingerprint density at radius 1 is 0.333 bits per heavy atom. The highest BCUT2D eigenvalue weighted by Crippen LogP contribution is 2.15. The summed E-state index contributed by atoms with van der Waals surface area (Å²) in [6.45, 7) is 6.32. The maximum absolute atomic E-state index is 12.7.